The third-order valence-electron chi connectivity index (χ3n) is 3.69. The van der Waals surface area contributed by atoms with E-state index in [2.05, 4.69) is 29.4 Å². The average molecular weight is 348 g/mol. The number of nitrogens with zero attached hydrogens (tertiary/aromatic N) is 1. The summed E-state index contributed by atoms with van der Waals surface area (Å²) in [6.45, 7) is 2.18. The maximum absolute atomic E-state index is 12.6. The number of para-hydroxylation sites is 2. The minimum atomic E-state index is -0.156. The summed E-state index contributed by atoms with van der Waals surface area (Å²) < 4.78 is 0. The lowest BCUT2D eigenvalue weighted by Gasteiger charge is -2.07. The van der Waals surface area contributed by atoms with Crippen LogP contribution in [-0.2, 0) is 6.42 Å². The molecule has 3 rings (SSSR count). The Kier molecular flexibility index (Phi) is 5.75. The molecule has 0 fully saturated rings. The van der Waals surface area contributed by atoms with Gasteiger partial charge < -0.3 is 5.32 Å². The molecule has 0 saturated carbocycles. The fourth-order valence-electron chi connectivity index (χ4n) is 2.48. The standard InChI is InChI=1S/C21H20N2OS/c1-2-8-17-13-14-18(25-17)15-22-20-12-7-6-11-19(20)21(24)23-16-9-4-3-5-10-16/h3-7,9-15H,2,8H2,1H3,(H,23,24). The summed E-state index contributed by atoms with van der Waals surface area (Å²) in [4.78, 5) is 19.5. The van der Waals surface area contributed by atoms with Gasteiger partial charge in [-0.2, -0.15) is 0 Å². The van der Waals surface area contributed by atoms with Crippen LogP contribution in [0.5, 0.6) is 0 Å². The van der Waals surface area contributed by atoms with E-state index in [0.717, 1.165) is 23.4 Å². The molecule has 3 nitrogen and oxygen atoms in total. The van der Waals surface area contributed by atoms with Gasteiger partial charge in [-0.3, -0.25) is 9.79 Å². The minimum absolute atomic E-state index is 0.156. The van der Waals surface area contributed by atoms with E-state index in [-0.39, 0.29) is 5.91 Å². The second kappa shape index (κ2) is 8.40. The highest BCUT2D eigenvalue weighted by atomic mass is 32.1. The van der Waals surface area contributed by atoms with Gasteiger partial charge in [0.2, 0.25) is 0 Å². The molecule has 1 aromatic heterocycles. The highest BCUT2D eigenvalue weighted by Gasteiger charge is 2.10. The van der Waals surface area contributed by atoms with E-state index in [1.54, 1.807) is 17.4 Å². The molecule has 3 aromatic rings. The summed E-state index contributed by atoms with van der Waals surface area (Å²) in [6.07, 6.45) is 4.06. The largest absolute Gasteiger partial charge is 0.322 e. The fraction of sp³-hybridized carbons (Fsp3) is 0.143. The summed E-state index contributed by atoms with van der Waals surface area (Å²) in [5.74, 6) is -0.156. The highest BCUT2D eigenvalue weighted by Crippen LogP contribution is 2.22. The van der Waals surface area contributed by atoms with Crippen molar-refractivity contribution in [1.82, 2.24) is 0 Å². The van der Waals surface area contributed by atoms with Crippen LogP contribution < -0.4 is 5.32 Å². The Labute approximate surface area is 152 Å². The Morgan fingerprint density at radius 1 is 1.04 bits per heavy atom. The Bertz CT molecular complexity index is 868. The molecule has 1 heterocycles. The van der Waals surface area contributed by atoms with Gasteiger partial charge in [0, 0.05) is 21.7 Å². The molecule has 0 unspecified atom stereocenters. The number of anilines is 1. The van der Waals surface area contributed by atoms with Crippen LogP contribution in [-0.4, -0.2) is 12.1 Å². The number of carbonyl (C=O) groups excluding carboxylic acids is 1. The smallest absolute Gasteiger partial charge is 0.257 e. The van der Waals surface area contributed by atoms with Crippen LogP contribution in [0, 0.1) is 0 Å². The second-order valence-electron chi connectivity index (χ2n) is 5.65. The summed E-state index contributed by atoms with van der Waals surface area (Å²) in [5.41, 5.74) is 2.00. The van der Waals surface area contributed by atoms with Crippen molar-refractivity contribution in [1.29, 1.82) is 0 Å². The van der Waals surface area contributed by atoms with Crippen molar-refractivity contribution in [3.8, 4) is 0 Å². The van der Waals surface area contributed by atoms with E-state index in [1.165, 1.54) is 4.88 Å². The van der Waals surface area contributed by atoms with Crippen LogP contribution in [0.3, 0.4) is 0 Å². The van der Waals surface area contributed by atoms with E-state index in [9.17, 15) is 4.79 Å². The number of amides is 1. The van der Waals surface area contributed by atoms with Gasteiger partial charge in [0.05, 0.1) is 11.3 Å². The van der Waals surface area contributed by atoms with Gasteiger partial charge in [-0.05, 0) is 42.8 Å². The van der Waals surface area contributed by atoms with E-state index < -0.39 is 0 Å². The molecule has 0 saturated heterocycles. The number of thiophene rings is 1. The molecule has 0 aliphatic rings. The van der Waals surface area contributed by atoms with Gasteiger partial charge in [-0.25, -0.2) is 0 Å². The quantitative estimate of drug-likeness (QED) is 0.570. The van der Waals surface area contributed by atoms with E-state index in [0.29, 0.717) is 11.3 Å². The van der Waals surface area contributed by atoms with Crippen LogP contribution in [0.1, 0.15) is 33.5 Å². The monoisotopic (exact) mass is 348 g/mol. The molecule has 2 aromatic carbocycles. The number of nitrogens with one attached hydrogen (secondary N) is 1. The zero-order valence-corrected chi connectivity index (χ0v) is 14.9. The van der Waals surface area contributed by atoms with Crippen molar-refractivity contribution in [2.75, 3.05) is 5.32 Å². The first kappa shape index (κ1) is 17.1. The number of benzene rings is 2. The number of aliphatic imine (C=N–C) groups is 1. The molecule has 1 N–H and O–H groups in total. The first-order valence-corrected chi connectivity index (χ1v) is 9.16. The van der Waals surface area contributed by atoms with Crippen molar-refractivity contribution in [2.24, 2.45) is 4.99 Å². The Morgan fingerprint density at radius 3 is 2.60 bits per heavy atom. The molecule has 25 heavy (non-hydrogen) atoms. The van der Waals surface area contributed by atoms with Gasteiger partial charge in [0.15, 0.2) is 0 Å². The zero-order chi connectivity index (χ0) is 17.5. The second-order valence-corrected chi connectivity index (χ2v) is 6.85. The first-order chi connectivity index (χ1) is 12.3. The molecule has 4 heteroatoms. The van der Waals surface area contributed by atoms with Gasteiger partial charge in [0.25, 0.3) is 5.91 Å². The van der Waals surface area contributed by atoms with Crippen molar-refractivity contribution in [2.45, 2.75) is 19.8 Å². The molecular formula is C21H20N2OS. The van der Waals surface area contributed by atoms with Crippen LogP contribution >= 0.6 is 11.3 Å². The van der Waals surface area contributed by atoms with Crippen LogP contribution in [0.15, 0.2) is 71.7 Å². The predicted octanol–water partition coefficient (Wildman–Crippen LogP) is 5.70. The maximum Gasteiger partial charge on any atom is 0.257 e. The summed E-state index contributed by atoms with van der Waals surface area (Å²) in [6, 6.07) is 21.0. The van der Waals surface area contributed by atoms with Crippen molar-refractivity contribution in [3.63, 3.8) is 0 Å². The van der Waals surface area contributed by atoms with Gasteiger partial charge in [-0.15, -0.1) is 11.3 Å². The number of aryl methyl sites for hydroxylation is 1. The molecule has 0 aliphatic heterocycles. The molecule has 0 aliphatic carbocycles. The third-order valence-corrected chi connectivity index (χ3v) is 4.77. The van der Waals surface area contributed by atoms with Crippen molar-refractivity contribution in [3.05, 3.63) is 82.0 Å². The van der Waals surface area contributed by atoms with Crippen LogP contribution in [0.4, 0.5) is 11.4 Å². The summed E-state index contributed by atoms with van der Waals surface area (Å²) in [5, 5.41) is 2.91. The summed E-state index contributed by atoms with van der Waals surface area (Å²) >= 11 is 1.74. The Balaban J connectivity index is 1.78. The molecule has 0 spiro atoms. The highest BCUT2D eigenvalue weighted by molar-refractivity contribution is 7.13. The molecule has 0 atom stereocenters. The minimum Gasteiger partial charge on any atom is -0.322 e. The Hall–Kier alpha value is -2.72. The number of carbonyl (C=O) groups is 1. The number of rotatable bonds is 6. The maximum atomic E-state index is 12.6. The van der Waals surface area contributed by atoms with Crippen LogP contribution in [0.25, 0.3) is 0 Å². The molecule has 0 radical (unpaired) electrons. The normalized spacial score (nSPS) is 10.9. The molecule has 1 amide bonds. The summed E-state index contributed by atoms with van der Waals surface area (Å²) in [7, 11) is 0. The third kappa shape index (κ3) is 4.64. The van der Waals surface area contributed by atoms with E-state index in [4.69, 9.17) is 0 Å². The SMILES string of the molecule is CCCc1ccc(C=Nc2ccccc2C(=O)Nc2ccccc2)s1. The zero-order valence-electron chi connectivity index (χ0n) is 14.1. The van der Waals surface area contributed by atoms with Gasteiger partial charge in [-0.1, -0.05) is 43.7 Å². The lowest BCUT2D eigenvalue weighted by atomic mass is 10.1. The van der Waals surface area contributed by atoms with Crippen molar-refractivity contribution < 1.29 is 4.79 Å². The number of hydrogen-bond donors (Lipinski definition) is 1. The number of hydrogen-bond acceptors (Lipinski definition) is 3. The van der Waals surface area contributed by atoms with Gasteiger partial charge in [0.1, 0.15) is 0 Å². The van der Waals surface area contributed by atoms with E-state index >= 15 is 0 Å². The molecule has 126 valence electrons. The lowest BCUT2D eigenvalue weighted by Crippen LogP contribution is -2.11. The lowest BCUT2D eigenvalue weighted by molar-refractivity contribution is 0.102. The van der Waals surface area contributed by atoms with Crippen LogP contribution in [0.2, 0.25) is 0 Å². The van der Waals surface area contributed by atoms with E-state index in [1.807, 2.05) is 54.7 Å². The topological polar surface area (TPSA) is 41.5 Å². The Morgan fingerprint density at radius 2 is 1.80 bits per heavy atom. The molecular weight excluding hydrogens is 328 g/mol. The predicted molar refractivity (Wildman–Crippen MR) is 106 cm³/mol. The fourth-order valence-corrected chi connectivity index (χ4v) is 3.46. The first-order valence-electron chi connectivity index (χ1n) is 8.34. The van der Waals surface area contributed by atoms with Gasteiger partial charge >= 0.3 is 0 Å². The molecule has 0 bridgehead atoms. The van der Waals surface area contributed by atoms with Crippen molar-refractivity contribution >= 4 is 34.8 Å². The average Bonchev–Trinajstić information content (AvgIpc) is 3.09.